The summed E-state index contributed by atoms with van der Waals surface area (Å²) in [4.78, 5) is 137. The van der Waals surface area contributed by atoms with Crippen molar-refractivity contribution in [2.24, 2.45) is 0 Å². The Labute approximate surface area is 639 Å². The Morgan fingerprint density at radius 1 is 0.670 bits per heavy atom. The van der Waals surface area contributed by atoms with Gasteiger partial charge in [0.05, 0.1) is 106 Å². The Morgan fingerprint density at radius 2 is 1.20 bits per heavy atom. The number of amides is 8. The molecular weight excluding hydrogens is 1450 g/mol. The molecule has 14 N–H and O–H groups in total. The van der Waals surface area contributed by atoms with Crippen molar-refractivity contribution in [1.29, 1.82) is 10.8 Å². The zero-order valence-corrected chi connectivity index (χ0v) is 63.9. The summed E-state index contributed by atoms with van der Waals surface area (Å²) in [6.07, 6.45) is 5.70. The van der Waals surface area contributed by atoms with E-state index < -0.39 is 64.8 Å². The van der Waals surface area contributed by atoms with Crippen LogP contribution < -0.4 is 74.1 Å². The molecule has 8 amide bonds. The molecule has 2 aromatic carbocycles. The van der Waals surface area contributed by atoms with Gasteiger partial charge < -0.3 is 106 Å². The van der Waals surface area contributed by atoms with Gasteiger partial charge in [0.25, 0.3) is 17.4 Å². The summed E-state index contributed by atoms with van der Waals surface area (Å²) in [5.74, 6) is -0.215. The van der Waals surface area contributed by atoms with Crippen molar-refractivity contribution in [2.45, 2.75) is 164 Å². The summed E-state index contributed by atoms with van der Waals surface area (Å²) in [6.45, 7) is 11.5. The highest BCUT2D eigenvalue weighted by Gasteiger charge is 2.49. The van der Waals surface area contributed by atoms with Crippen LogP contribution in [0.25, 0.3) is 22.3 Å². The number of guanidine groups is 2. The molecule has 4 fully saturated rings. The molecule has 34 nitrogen and oxygen atoms in total. The normalized spacial score (nSPS) is 20.1. The number of hydrogen-bond donors (Lipinski definition) is 14. The molecule has 0 unspecified atom stereocenters. The lowest BCUT2D eigenvalue weighted by Crippen LogP contribution is -2.50. The molecule has 6 aliphatic rings. The number of pyridine rings is 2. The molecule has 2 aromatic heterocycles. The number of benzene rings is 2. The molecule has 4 saturated heterocycles. The quantitative estimate of drug-likeness (QED) is 0.0116. The van der Waals surface area contributed by atoms with Gasteiger partial charge in [0.15, 0.2) is 11.9 Å². The molecular formula is C73H100N16O18S2. The number of cyclic esters (lactones) is 1. The molecule has 0 radical (unpaired) electrons. The highest BCUT2D eigenvalue weighted by Crippen LogP contribution is 2.42. The number of carbonyl (C=O) groups is 9. The number of anilines is 1. The van der Waals surface area contributed by atoms with Crippen molar-refractivity contribution in [3.05, 3.63) is 86.2 Å². The third kappa shape index (κ3) is 22.6. The first kappa shape index (κ1) is 82.0. The maximum atomic E-state index is 14.2. The number of aromatic nitrogens is 2. The number of nitrogens with zero attached hydrogens (tertiary/aromatic N) is 2. The summed E-state index contributed by atoms with van der Waals surface area (Å²) in [7, 11) is 0. The number of aryl methyl sites for hydroxylation is 1. The van der Waals surface area contributed by atoms with Gasteiger partial charge in [-0.2, -0.15) is 23.5 Å². The Hall–Kier alpha value is -9.49. The molecule has 8 atom stereocenters. The summed E-state index contributed by atoms with van der Waals surface area (Å²) >= 11 is 3.79. The fourth-order valence-corrected chi connectivity index (χ4v) is 16.6. The largest absolute Gasteiger partial charge is 0.514 e. The maximum Gasteiger partial charge on any atom is 0.514 e. The van der Waals surface area contributed by atoms with Crippen LogP contribution >= 0.6 is 23.5 Å². The van der Waals surface area contributed by atoms with Crippen LogP contribution in [0, 0.1) is 10.8 Å². The number of rotatable bonds is 39. The van der Waals surface area contributed by atoms with Crippen molar-refractivity contribution < 1.29 is 81.0 Å². The third-order valence-corrected chi connectivity index (χ3v) is 21.9. The van der Waals surface area contributed by atoms with E-state index in [0.29, 0.717) is 77.1 Å². The van der Waals surface area contributed by atoms with Gasteiger partial charge in [-0.25, -0.2) is 29.0 Å². The van der Waals surface area contributed by atoms with E-state index >= 15 is 0 Å². The van der Waals surface area contributed by atoms with Gasteiger partial charge in [-0.05, 0) is 115 Å². The van der Waals surface area contributed by atoms with Crippen molar-refractivity contribution >= 4 is 106 Å². The Balaban J connectivity index is 0.614. The van der Waals surface area contributed by atoms with Crippen LogP contribution in [0.1, 0.15) is 136 Å². The Kier molecular flexibility index (Phi) is 29.1. The van der Waals surface area contributed by atoms with Crippen LogP contribution in [-0.4, -0.2) is 225 Å². The molecule has 592 valence electrons. The molecule has 0 aliphatic carbocycles. The van der Waals surface area contributed by atoms with E-state index in [1.165, 1.54) is 36.6 Å². The van der Waals surface area contributed by atoms with Crippen LogP contribution in [0.4, 0.5) is 20.1 Å². The Morgan fingerprint density at radius 3 is 1.75 bits per heavy atom. The molecule has 10 rings (SSSR count). The van der Waals surface area contributed by atoms with Gasteiger partial charge in [0.1, 0.15) is 24.0 Å². The van der Waals surface area contributed by atoms with E-state index in [2.05, 4.69) is 63.8 Å². The molecule has 6 aliphatic heterocycles. The smallest absolute Gasteiger partial charge is 0.457 e. The summed E-state index contributed by atoms with van der Waals surface area (Å²) in [6, 6.07) is 9.21. The van der Waals surface area contributed by atoms with Crippen LogP contribution in [0.5, 0.6) is 5.75 Å². The van der Waals surface area contributed by atoms with Crippen LogP contribution in [0.3, 0.4) is 0 Å². The number of urea groups is 2. The Bertz CT molecular complexity index is 3980. The first-order valence-corrected chi connectivity index (χ1v) is 39.1. The van der Waals surface area contributed by atoms with Gasteiger partial charge in [0, 0.05) is 107 Å². The minimum absolute atomic E-state index is 0.0230. The van der Waals surface area contributed by atoms with Gasteiger partial charge in [-0.1, -0.05) is 19.8 Å². The fourth-order valence-electron chi connectivity index (χ4n) is 13.5. The molecule has 4 aromatic rings. The second kappa shape index (κ2) is 38.7. The minimum Gasteiger partial charge on any atom is -0.457 e. The summed E-state index contributed by atoms with van der Waals surface area (Å²) < 4.78 is 46.1. The first-order valence-electron chi connectivity index (χ1n) is 37.0. The van der Waals surface area contributed by atoms with Crippen molar-refractivity contribution in [3.8, 4) is 17.1 Å². The van der Waals surface area contributed by atoms with Gasteiger partial charge in [-0.3, -0.25) is 34.8 Å². The molecule has 0 spiro atoms. The molecule has 109 heavy (non-hydrogen) atoms. The number of thioether (sulfide) groups is 2. The molecule has 36 heteroatoms. The van der Waals surface area contributed by atoms with E-state index in [1.54, 1.807) is 45.0 Å². The second-order valence-electron chi connectivity index (χ2n) is 28.2. The summed E-state index contributed by atoms with van der Waals surface area (Å²) in [5.41, 5.74) is 0.265. The molecule has 8 heterocycles. The SMILES string of the molecule is CCc1c2c(nc3ccc(OC(=O)OC(C)(C)C)cc13)-c1cc3c(c(=O)n1C2)COC(=O)[C@@]3(C)OC(=O)[C@H](C)NC(=O)NCCOCCOCCNC(=O)Nc1cc(C(=O)NCCOCCNC(=O)CCCC[C@@H]2SC[C@@H]3NC(=N)N[C@@H]32)cc(C(=O)NCCOCCNC(=O)CCCC[C@@H]2SC[C@@H]3NC(=N)N[C@@H]32)c1. The zero-order chi connectivity index (χ0) is 77.8. The lowest BCUT2D eigenvalue weighted by Gasteiger charge is -2.34. The average Bonchev–Trinajstić information content (AvgIpc) is 1.62. The number of esters is 2. The number of fused-ring (bicyclic) bond motifs is 7. The number of hydrogen-bond acceptors (Lipinski definition) is 23. The monoisotopic (exact) mass is 1550 g/mol. The van der Waals surface area contributed by atoms with Gasteiger partial charge in [0.2, 0.25) is 17.4 Å². The lowest BCUT2D eigenvalue weighted by atomic mass is 9.89. The van der Waals surface area contributed by atoms with Gasteiger partial charge in [-0.15, -0.1) is 0 Å². The second-order valence-corrected chi connectivity index (χ2v) is 30.7. The van der Waals surface area contributed by atoms with Crippen molar-refractivity contribution in [1.82, 2.24) is 68.0 Å². The third-order valence-electron chi connectivity index (χ3n) is 18.9. The average molecular weight is 1550 g/mol. The van der Waals surface area contributed by atoms with Crippen molar-refractivity contribution in [2.75, 3.05) is 109 Å². The lowest BCUT2D eigenvalue weighted by molar-refractivity contribution is -0.187. The minimum atomic E-state index is -2.09. The highest BCUT2D eigenvalue weighted by molar-refractivity contribution is 8.00. The van der Waals surface area contributed by atoms with E-state index in [9.17, 15) is 47.9 Å². The predicted molar refractivity (Wildman–Crippen MR) is 406 cm³/mol. The first-order chi connectivity index (χ1) is 52.3. The number of carbonyl (C=O) groups excluding carboxylic acids is 9. The molecule has 0 bridgehead atoms. The van der Waals surface area contributed by atoms with E-state index in [0.717, 1.165) is 61.2 Å². The number of nitrogens with one attached hydrogen (secondary N) is 14. The predicted octanol–water partition coefficient (Wildman–Crippen LogP) is 3.47. The summed E-state index contributed by atoms with van der Waals surface area (Å²) in [5, 5.41) is 51.6. The topological polar surface area (TPSA) is 454 Å². The standard InChI is InChI=1S/C73H100N16O18S2/c1-7-46-47-35-45(105-71(99)107-72(3,4)5)16-17-51(47)84-59-48(46)37-89-54(59)36-50-49(64(89)94)38-104-66(96)73(50,6)106-65(95)41(2)82-69(97)80-22-28-102-30-31-103-29-23-81-70(98)83-44-33-42(62(92)78-20-26-100-24-18-76-57(90)14-10-8-12-55-60-52(39-108-55)85-67(74)87-60)32-43(34-44)63(93)79-21-27-101-25-19-77-58(91)15-11-9-13-56-61-53(40-109-56)86-68(75)88-61/h16-17,32-36,41,52-53,55-56,60-61H,7-15,18-31,37-40H2,1-6H3,(H,76,90)(H,77,91)(H,78,92)(H,79,93)(H3,74,85,87)(H3,75,86,88)(H2,80,82,97)(H2,81,83,98)/t41-,52-,53-,55-,56-,60-,61-,73-/m0/s1. The van der Waals surface area contributed by atoms with Crippen LogP contribution in [-0.2, 0) is 77.5 Å². The van der Waals surface area contributed by atoms with Crippen LogP contribution in [0.2, 0.25) is 0 Å². The van der Waals surface area contributed by atoms with Gasteiger partial charge >= 0.3 is 30.2 Å². The maximum absolute atomic E-state index is 14.2. The van der Waals surface area contributed by atoms with E-state index in [-0.39, 0.29) is 162 Å². The van der Waals surface area contributed by atoms with Crippen LogP contribution in [0.15, 0.2) is 47.3 Å². The molecule has 0 saturated carbocycles. The van der Waals surface area contributed by atoms with E-state index in [1.807, 2.05) is 30.4 Å². The van der Waals surface area contributed by atoms with E-state index in [4.69, 9.17) is 53.7 Å². The van der Waals surface area contributed by atoms with Crippen molar-refractivity contribution in [3.63, 3.8) is 0 Å². The zero-order valence-electron chi connectivity index (χ0n) is 62.2. The number of unbranched alkanes of at least 4 members (excludes halogenated alkanes) is 2. The fraction of sp³-hybridized carbons (Fsp3) is 0.575. The number of ether oxygens (including phenoxy) is 8. The highest BCUT2D eigenvalue weighted by atomic mass is 32.2.